The van der Waals surface area contributed by atoms with Crippen LogP contribution in [-0.4, -0.2) is 29.2 Å². The highest BCUT2D eigenvalue weighted by Gasteiger charge is 2.10. The Morgan fingerprint density at radius 3 is 3.07 bits per heavy atom. The largest absolute Gasteiger partial charge is 0.413 e. The standard InChI is InChI=1S/C8H9BrClNO3S/c9-3-5(12)4-11-8(13)14-7-6(10)1-2-15-7/h1-2,5,12H,3-4H2,(H,11,13)/t5-/m1/s1. The summed E-state index contributed by atoms with van der Waals surface area (Å²) in [6.45, 7) is 0.132. The van der Waals surface area contributed by atoms with Crippen LogP contribution in [-0.2, 0) is 0 Å². The van der Waals surface area contributed by atoms with Crippen molar-refractivity contribution in [2.75, 3.05) is 11.9 Å². The zero-order valence-electron chi connectivity index (χ0n) is 7.57. The van der Waals surface area contributed by atoms with Gasteiger partial charge in [0, 0.05) is 11.9 Å². The van der Waals surface area contributed by atoms with Crippen LogP contribution in [0, 0.1) is 0 Å². The highest BCUT2D eigenvalue weighted by atomic mass is 79.9. The van der Waals surface area contributed by atoms with Crippen molar-refractivity contribution < 1.29 is 14.6 Å². The third-order valence-electron chi connectivity index (χ3n) is 1.43. The lowest BCUT2D eigenvalue weighted by molar-refractivity contribution is 0.176. The highest BCUT2D eigenvalue weighted by Crippen LogP contribution is 2.30. The predicted molar refractivity (Wildman–Crippen MR) is 63.2 cm³/mol. The molecule has 1 rings (SSSR count). The SMILES string of the molecule is O=C(NC[C@H](O)CBr)Oc1sccc1Cl. The van der Waals surface area contributed by atoms with E-state index in [0.717, 1.165) is 0 Å². The van der Waals surface area contributed by atoms with E-state index in [1.165, 1.54) is 11.3 Å². The van der Waals surface area contributed by atoms with Crippen molar-refractivity contribution in [3.8, 4) is 5.06 Å². The molecule has 0 aliphatic heterocycles. The topological polar surface area (TPSA) is 58.6 Å². The quantitative estimate of drug-likeness (QED) is 0.838. The number of rotatable bonds is 4. The van der Waals surface area contributed by atoms with Gasteiger partial charge in [-0.15, -0.1) is 11.3 Å². The Kier molecular flexibility index (Phi) is 5.38. The minimum Gasteiger partial charge on any atom is -0.398 e. The Morgan fingerprint density at radius 2 is 2.53 bits per heavy atom. The Morgan fingerprint density at radius 1 is 1.80 bits per heavy atom. The second kappa shape index (κ2) is 6.32. The lowest BCUT2D eigenvalue weighted by Gasteiger charge is -2.08. The lowest BCUT2D eigenvalue weighted by atomic mass is 10.4. The van der Waals surface area contributed by atoms with Gasteiger partial charge in [0.15, 0.2) is 0 Å². The molecule has 4 nitrogen and oxygen atoms in total. The molecule has 0 radical (unpaired) electrons. The second-order valence-electron chi connectivity index (χ2n) is 2.63. The van der Waals surface area contributed by atoms with E-state index in [4.69, 9.17) is 21.4 Å². The second-order valence-corrected chi connectivity index (χ2v) is 4.57. The summed E-state index contributed by atoms with van der Waals surface area (Å²) in [6, 6.07) is 1.64. The number of carbonyl (C=O) groups excluding carboxylic acids is 1. The van der Waals surface area contributed by atoms with Gasteiger partial charge in [-0.25, -0.2) is 4.79 Å². The molecule has 0 bridgehead atoms. The fraction of sp³-hybridized carbons (Fsp3) is 0.375. The first kappa shape index (κ1) is 12.8. The van der Waals surface area contributed by atoms with Crippen LogP contribution in [0.25, 0.3) is 0 Å². The summed E-state index contributed by atoms with van der Waals surface area (Å²) in [5, 5.41) is 14.4. The Bertz CT molecular complexity index is 333. The van der Waals surface area contributed by atoms with E-state index >= 15 is 0 Å². The van der Waals surface area contributed by atoms with Gasteiger partial charge in [-0.2, -0.15) is 0 Å². The number of ether oxygens (including phenoxy) is 1. The van der Waals surface area contributed by atoms with Gasteiger partial charge < -0.3 is 15.2 Å². The van der Waals surface area contributed by atoms with Gasteiger partial charge in [0.1, 0.15) is 0 Å². The predicted octanol–water partition coefficient (Wildman–Crippen LogP) is 2.25. The molecule has 1 atom stereocenters. The van der Waals surface area contributed by atoms with Crippen molar-refractivity contribution in [1.82, 2.24) is 5.32 Å². The molecule has 0 aromatic carbocycles. The van der Waals surface area contributed by atoms with Crippen LogP contribution in [0.1, 0.15) is 0 Å². The van der Waals surface area contributed by atoms with E-state index in [-0.39, 0.29) is 6.54 Å². The molecule has 0 saturated heterocycles. The molecule has 0 fully saturated rings. The first-order valence-corrected chi connectivity index (χ1v) is 6.44. The van der Waals surface area contributed by atoms with Crippen LogP contribution in [0.4, 0.5) is 4.79 Å². The molecule has 0 saturated carbocycles. The van der Waals surface area contributed by atoms with Crippen molar-refractivity contribution in [3.05, 3.63) is 16.5 Å². The number of aliphatic hydroxyl groups is 1. The molecule has 7 heteroatoms. The van der Waals surface area contributed by atoms with Crippen molar-refractivity contribution in [1.29, 1.82) is 0 Å². The molecular weight excluding hydrogens is 306 g/mol. The average Bonchev–Trinajstić information content (AvgIpc) is 2.61. The summed E-state index contributed by atoms with van der Waals surface area (Å²) in [5.41, 5.74) is 0. The van der Waals surface area contributed by atoms with Crippen molar-refractivity contribution in [2.24, 2.45) is 0 Å². The maximum atomic E-state index is 11.2. The molecule has 1 aromatic rings. The molecular formula is C8H9BrClNO3S. The third-order valence-corrected chi connectivity index (χ3v) is 3.38. The third kappa shape index (κ3) is 4.38. The zero-order chi connectivity index (χ0) is 11.3. The zero-order valence-corrected chi connectivity index (χ0v) is 10.7. The van der Waals surface area contributed by atoms with E-state index in [1.54, 1.807) is 11.4 Å². The maximum absolute atomic E-state index is 11.2. The molecule has 2 N–H and O–H groups in total. The fourth-order valence-corrected chi connectivity index (χ4v) is 1.90. The molecule has 1 aromatic heterocycles. The first-order chi connectivity index (χ1) is 7.13. The molecule has 1 heterocycles. The summed E-state index contributed by atoms with van der Waals surface area (Å²) >= 11 is 10.0. The molecule has 0 unspecified atom stereocenters. The molecule has 15 heavy (non-hydrogen) atoms. The van der Waals surface area contributed by atoms with Gasteiger partial charge in [-0.3, -0.25) is 0 Å². The van der Waals surface area contributed by atoms with Gasteiger partial charge in [-0.1, -0.05) is 27.5 Å². The maximum Gasteiger partial charge on any atom is 0.413 e. The van der Waals surface area contributed by atoms with Gasteiger partial charge in [0.25, 0.3) is 0 Å². The summed E-state index contributed by atoms with van der Waals surface area (Å²) in [7, 11) is 0. The van der Waals surface area contributed by atoms with E-state index < -0.39 is 12.2 Å². The van der Waals surface area contributed by atoms with Crippen LogP contribution >= 0.6 is 38.9 Å². The Balaban J connectivity index is 2.34. The highest BCUT2D eigenvalue weighted by molar-refractivity contribution is 9.09. The van der Waals surface area contributed by atoms with Crippen LogP contribution in [0.2, 0.25) is 5.02 Å². The number of hydrogen-bond donors (Lipinski definition) is 2. The summed E-state index contributed by atoms with van der Waals surface area (Å²) in [4.78, 5) is 11.2. The Hall–Kier alpha value is -0.300. The van der Waals surface area contributed by atoms with Gasteiger partial charge >= 0.3 is 6.09 Å². The van der Waals surface area contributed by atoms with Crippen molar-refractivity contribution in [3.63, 3.8) is 0 Å². The minimum absolute atomic E-state index is 0.132. The first-order valence-electron chi connectivity index (χ1n) is 4.06. The van der Waals surface area contributed by atoms with Gasteiger partial charge in [0.05, 0.1) is 11.1 Å². The van der Waals surface area contributed by atoms with E-state index in [2.05, 4.69) is 21.2 Å². The van der Waals surface area contributed by atoms with Crippen molar-refractivity contribution >= 4 is 45.0 Å². The van der Waals surface area contributed by atoms with Gasteiger partial charge in [-0.05, 0) is 11.4 Å². The van der Waals surface area contributed by atoms with E-state index in [1.807, 2.05) is 0 Å². The number of hydrogen-bond acceptors (Lipinski definition) is 4. The van der Waals surface area contributed by atoms with E-state index in [9.17, 15) is 4.79 Å². The average molecular weight is 315 g/mol. The van der Waals surface area contributed by atoms with Crippen LogP contribution in [0.5, 0.6) is 5.06 Å². The fourth-order valence-electron chi connectivity index (χ4n) is 0.729. The minimum atomic E-state index is -0.628. The number of aliphatic hydroxyl groups excluding tert-OH is 1. The number of nitrogens with one attached hydrogen (secondary N) is 1. The number of amides is 1. The number of halogens is 2. The number of carbonyl (C=O) groups is 1. The normalized spacial score (nSPS) is 12.2. The molecule has 84 valence electrons. The monoisotopic (exact) mass is 313 g/mol. The molecule has 0 aliphatic rings. The van der Waals surface area contributed by atoms with Gasteiger partial charge in [0.2, 0.25) is 5.06 Å². The summed E-state index contributed by atoms with van der Waals surface area (Å²) in [5.74, 6) is 0. The van der Waals surface area contributed by atoms with Crippen LogP contribution in [0.3, 0.4) is 0 Å². The Labute approximate surface area is 104 Å². The van der Waals surface area contributed by atoms with Crippen LogP contribution in [0.15, 0.2) is 11.4 Å². The lowest BCUT2D eigenvalue weighted by Crippen LogP contribution is -2.34. The number of alkyl halides is 1. The smallest absolute Gasteiger partial charge is 0.398 e. The molecule has 0 aliphatic carbocycles. The van der Waals surface area contributed by atoms with E-state index in [0.29, 0.717) is 15.4 Å². The molecule has 1 amide bonds. The van der Waals surface area contributed by atoms with Crippen LogP contribution < -0.4 is 10.1 Å². The number of thiophene rings is 1. The summed E-state index contributed by atoms with van der Waals surface area (Å²) in [6.07, 6.45) is -1.25. The molecule has 0 spiro atoms. The summed E-state index contributed by atoms with van der Waals surface area (Å²) < 4.78 is 4.89. The van der Waals surface area contributed by atoms with Crippen molar-refractivity contribution in [2.45, 2.75) is 6.10 Å².